The van der Waals surface area contributed by atoms with Gasteiger partial charge >= 0.3 is 0 Å². The standard InChI is InChI=1S/C14H9ClFNO/c1-9-6-11(16)3-5-13(9)18-14-4-2-10(8-17)7-12(14)15/h2-7H,1H3. The molecule has 2 aromatic rings. The highest BCUT2D eigenvalue weighted by molar-refractivity contribution is 6.32. The van der Waals surface area contributed by atoms with Crippen LogP contribution in [0.4, 0.5) is 4.39 Å². The highest BCUT2D eigenvalue weighted by atomic mass is 35.5. The molecule has 0 aliphatic heterocycles. The van der Waals surface area contributed by atoms with Gasteiger partial charge in [-0.05, 0) is 48.9 Å². The average molecular weight is 262 g/mol. The maximum absolute atomic E-state index is 12.9. The number of rotatable bonds is 2. The Morgan fingerprint density at radius 3 is 2.50 bits per heavy atom. The van der Waals surface area contributed by atoms with Crippen LogP contribution in [0.2, 0.25) is 5.02 Å². The first kappa shape index (κ1) is 12.4. The lowest BCUT2D eigenvalue weighted by molar-refractivity contribution is 0.476. The Labute approximate surface area is 109 Å². The second-order valence-electron chi connectivity index (χ2n) is 3.77. The Kier molecular flexibility index (Phi) is 3.50. The smallest absolute Gasteiger partial charge is 0.146 e. The maximum atomic E-state index is 12.9. The van der Waals surface area contributed by atoms with Crippen LogP contribution in [-0.4, -0.2) is 0 Å². The molecular formula is C14H9ClFNO. The van der Waals surface area contributed by atoms with Crippen molar-refractivity contribution < 1.29 is 9.13 Å². The molecule has 0 amide bonds. The molecule has 0 N–H and O–H groups in total. The van der Waals surface area contributed by atoms with Crippen LogP contribution in [0, 0.1) is 24.1 Å². The van der Waals surface area contributed by atoms with E-state index in [-0.39, 0.29) is 5.82 Å². The molecule has 0 atom stereocenters. The van der Waals surface area contributed by atoms with Crippen LogP contribution in [0.15, 0.2) is 36.4 Å². The van der Waals surface area contributed by atoms with Crippen LogP contribution >= 0.6 is 11.6 Å². The number of aryl methyl sites for hydroxylation is 1. The van der Waals surface area contributed by atoms with Gasteiger partial charge in [0.15, 0.2) is 0 Å². The van der Waals surface area contributed by atoms with E-state index in [4.69, 9.17) is 21.6 Å². The zero-order chi connectivity index (χ0) is 13.1. The molecule has 2 aromatic carbocycles. The number of nitriles is 1. The first-order chi connectivity index (χ1) is 8.60. The van der Waals surface area contributed by atoms with Crippen molar-refractivity contribution in [3.63, 3.8) is 0 Å². The van der Waals surface area contributed by atoms with Crippen LogP contribution in [0.1, 0.15) is 11.1 Å². The third-order valence-electron chi connectivity index (χ3n) is 2.42. The summed E-state index contributed by atoms with van der Waals surface area (Å²) in [4.78, 5) is 0. The molecule has 0 spiro atoms. The maximum Gasteiger partial charge on any atom is 0.146 e. The van der Waals surface area contributed by atoms with E-state index in [1.807, 2.05) is 6.07 Å². The molecule has 2 rings (SSSR count). The number of hydrogen-bond donors (Lipinski definition) is 0. The fraction of sp³-hybridized carbons (Fsp3) is 0.0714. The molecule has 0 aliphatic carbocycles. The van der Waals surface area contributed by atoms with Gasteiger partial charge in [0.25, 0.3) is 0 Å². The van der Waals surface area contributed by atoms with E-state index in [1.54, 1.807) is 25.1 Å². The molecule has 0 bridgehead atoms. The van der Waals surface area contributed by atoms with E-state index < -0.39 is 0 Å². The van der Waals surface area contributed by atoms with Gasteiger partial charge in [-0.25, -0.2) is 4.39 Å². The van der Waals surface area contributed by atoms with Crippen molar-refractivity contribution >= 4 is 11.6 Å². The van der Waals surface area contributed by atoms with Crippen LogP contribution in [0.3, 0.4) is 0 Å². The van der Waals surface area contributed by atoms with Crippen molar-refractivity contribution in [2.75, 3.05) is 0 Å². The number of ether oxygens (including phenoxy) is 1. The lowest BCUT2D eigenvalue weighted by atomic mass is 10.2. The molecule has 0 fully saturated rings. The third-order valence-corrected chi connectivity index (χ3v) is 2.71. The summed E-state index contributed by atoms with van der Waals surface area (Å²) in [7, 11) is 0. The van der Waals surface area contributed by atoms with Crippen LogP contribution in [-0.2, 0) is 0 Å². The minimum absolute atomic E-state index is 0.314. The zero-order valence-electron chi connectivity index (χ0n) is 9.58. The monoisotopic (exact) mass is 261 g/mol. The molecule has 0 heterocycles. The van der Waals surface area contributed by atoms with Crippen LogP contribution in [0.25, 0.3) is 0 Å². The van der Waals surface area contributed by atoms with E-state index in [9.17, 15) is 4.39 Å². The van der Waals surface area contributed by atoms with Crippen molar-refractivity contribution in [2.24, 2.45) is 0 Å². The van der Waals surface area contributed by atoms with Gasteiger partial charge in [0, 0.05) is 0 Å². The normalized spacial score (nSPS) is 9.89. The Hall–Kier alpha value is -2.05. The summed E-state index contributed by atoms with van der Waals surface area (Å²) in [6.07, 6.45) is 0. The molecule has 90 valence electrons. The summed E-state index contributed by atoms with van der Waals surface area (Å²) >= 11 is 5.99. The van der Waals surface area contributed by atoms with E-state index in [2.05, 4.69) is 0 Å². The number of halogens is 2. The van der Waals surface area contributed by atoms with Crippen LogP contribution in [0.5, 0.6) is 11.5 Å². The largest absolute Gasteiger partial charge is 0.456 e. The minimum Gasteiger partial charge on any atom is -0.456 e. The first-order valence-electron chi connectivity index (χ1n) is 5.24. The first-order valence-corrected chi connectivity index (χ1v) is 5.61. The third kappa shape index (κ3) is 2.61. The van der Waals surface area contributed by atoms with Crippen molar-refractivity contribution in [1.82, 2.24) is 0 Å². The van der Waals surface area contributed by atoms with Gasteiger partial charge in [0.2, 0.25) is 0 Å². The Morgan fingerprint density at radius 1 is 1.17 bits per heavy atom. The molecule has 18 heavy (non-hydrogen) atoms. The Balaban J connectivity index is 2.32. The minimum atomic E-state index is -0.314. The predicted octanol–water partition coefficient (Wildman–Crippen LogP) is 4.45. The molecule has 4 heteroatoms. The molecule has 0 unspecified atom stereocenters. The van der Waals surface area contributed by atoms with Crippen molar-refractivity contribution in [2.45, 2.75) is 6.92 Å². The van der Waals surface area contributed by atoms with Gasteiger partial charge in [0.05, 0.1) is 16.7 Å². The van der Waals surface area contributed by atoms with E-state index >= 15 is 0 Å². The lowest BCUT2D eigenvalue weighted by Gasteiger charge is -2.10. The van der Waals surface area contributed by atoms with E-state index in [0.717, 1.165) is 0 Å². The molecule has 0 aromatic heterocycles. The predicted molar refractivity (Wildman–Crippen MR) is 67.4 cm³/mol. The molecule has 0 saturated carbocycles. The molecule has 0 radical (unpaired) electrons. The van der Waals surface area contributed by atoms with Crippen molar-refractivity contribution in [1.29, 1.82) is 5.26 Å². The van der Waals surface area contributed by atoms with E-state index in [1.165, 1.54) is 18.2 Å². The average Bonchev–Trinajstić information content (AvgIpc) is 2.34. The summed E-state index contributed by atoms with van der Waals surface area (Å²) in [6.45, 7) is 1.75. The number of hydrogen-bond acceptors (Lipinski definition) is 2. The summed E-state index contributed by atoms with van der Waals surface area (Å²) in [5, 5.41) is 9.07. The van der Waals surface area contributed by atoms with Gasteiger partial charge in [-0.1, -0.05) is 11.6 Å². The van der Waals surface area contributed by atoms with Gasteiger partial charge in [-0.15, -0.1) is 0 Å². The van der Waals surface area contributed by atoms with Crippen molar-refractivity contribution in [3.05, 3.63) is 58.4 Å². The Morgan fingerprint density at radius 2 is 1.89 bits per heavy atom. The second-order valence-corrected chi connectivity index (χ2v) is 4.18. The fourth-order valence-electron chi connectivity index (χ4n) is 1.50. The molecule has 0 aliphatic rings. The molecular weight excluding hydrogens is 253 g/mol. The highest BCUT2D eigenvalue weighted by Gasteiger charge is 2.07. The highest BCUT2D eigenvalue weighted by Crippen LogP contribution is 2.31. The molecule has 2 nitrogen and oxygen atoms in total. The van der Waals surface area contributed by atoms with Gasteiger partial charge in [0.1, 0.15) is 17.3 Å². The van der Waals surface area contributed by atoms with E-state index in [0.29, 0.717) is 27.6 Å². The second kappa shape index (κ2) is 5.07. The summed E-state index contributed by atoms with van der Waals surface area (Å²) in [6, 6.07) is 11.0. The van der Waals surface area contributed by atoms with Gasteiger partial charge in [-0.2, -0.15) is 5.26 Å². The number of benzene rings is 2. The fourth-order valence-corrected chi connectivity index (χ4v) is 1.72. The number of nitrogens with zero attached hydrogens (tertiary/aromatic N) is 1. The SMILES string of the molecule is Cc1cc(F)ccc1Oc1ccc(C#N)cc1Cl. The topological polar surface area (TPSA) is 33.0 Å². The zero-order valence-corrected chi connectivity index (χ0v) is 10.3. The van der Waals surface area contributed by atoms with Crippen molar-refractivity contribution in [3.8, 4) is 17.6 Å². The summed E-state index contributed by atoms with van der Waals surface area (Å²) < 4.78 is 18.5. The van der Waals surface area contributed by atoms with Gasteiger partial charge < -0.3 is 4.74 Å². The quantitative estimate of drug-likeness (QED) is 0.800. The summed E-state index contributed by atoms with van der Waals surface area (Å²) in [5.41, 5.74) is 1.14. The molecule has 0 saturated heterocycles. The lowest BCUT2D eigenvalue weighted by Crippen LogP contribution is -1.90. The van der Waals surface area contributed by atoms with Crippen LogP contribution < -0.4 is 4.74 Å². The Bertz CT molecular complexity index is 634. The van der Waals surface area contributed by atoms with Gasteiger partial charge in [-0.3, -0.25) is 0 Å². The summed E-state index contributed by atoms with van der Waals surface area (Å²) in [5.74, 6) is 0.652.